The van der Waals surface area contributed by atoms with Gasteiger partial charge in [0, 0.05) is 53.7 Å². The van der Waals surface area contributed by atoms with E-state index < -0.39 is 0 Å². The molecular weight excluding hydrogens is 370 g/mol. The summed E-state index contributed by atoms with van der Waals surface area (Å²) in [5.41, 5.74) is 0.919. The van der Waals surface area contributed by atoms with Crippen LogP contribution in [-0.4, -0.2) is 49.2 Å². The minimum Gasteiger partial charge on any atom is -0.497 e. The molecule has 26 heavy (non-hydrogen) atoms. The van der Waals surface area contributed by atoms with Crippen molar-refractivity contribution in [3.05, 3.63) is 35.3 Å². The van der Waals surface area contributed by atoms with Crippen LogP contribution in [0.25, 0.3) is 0 Å². The molecule has 6 nitrogen and oxygen atoms in total. The SMILES string of the molecule is COc1ccc(CN(C(=O)CC2CSCCN2)c2nccs2)c(OC)c1. The molecule has 0 radical (unpaired) electrons. The zero-order chi connectivity index (χ0) is 18.4. The van der Waals surface area contributed by atoms with Crippen LogP contribution in [0.2, 0.25) is 0 Å². The van der Waals surface area contributed by atoms with Crippen LogP contribution in [0.1, 0.15) is 12.0 Å². The number of nitrogens with zero attached hydrogens (tertiary/aromatic N) is 2. The largest absolute Gasteiger partial charge is 0.497 e. The van der Waals surface area contributed by atoms with Gasteiger partial charge in [-0.05, 0) is 12.1 Å². The summed E-state index contributed by atoms with van der Waals surface area (Å²) in [5.74, 6) is 3.55. The number of thiazole rings is 1. The Labute approximate surface area is 161 Å². The molecule has 1 atom stereocenters. The molecule has 3 rings (SSSR count). The summed E-state index contributed by atoms with van der Waals surface area (Å²) in [7, 11) is 3.24. The van der Waals surface area contributed by atoms with Crippen molar-refractivity contribution >= 4 is 34.1 Å². The van der Waals surface area contributed by atoms with Crippen LogP contribution < -0.4 is 19.7 Å². The van der Waals surface area contributed by atoms with Gasteiger partial charge in [-0.3, -0.25) is 9.69 Å². The second-order valence-corrected chi connectivity index (χ2v) is 7.93. The van der Waals surface area contributed by atoms with Crippen molar-refractivity contribution in [2.45, 2.75) is 19.0 Å². The van der Waals surface area contributed by atoms with Crippen LogP contribution in [0.4, 0.5) is 5.13 Å². The number of nitrogens with one attached hydrogen (secondary N) is 1. The molecule has 0 saturated carbocycles. The number of amides is 1. The normalized spacial score (nSPS) is 16.9. The highest BCUT2D eigenvalue weighted by Crippen LogP contribution is 2.29. The number of thioether (sulfide) groups is 1. The van der Waals surface area contributed by atoms with Gasteiger partial charge in [0.1, 0.15) is 11.5 Å². The second kappa shape index (κ2) is 9.25. The third-order valence-corrected chi connectivity index (χ3v) is 6.12. The van der Waals surface area contributed by atoms with Gasteiger partial charge in [-0.1, -0.05) is 0 Å². The first-order valence-corrected chi connectivity index (χ1v) is 10.5. The molecular formula is C18H23N3O3S2. The number of benzene rings is 1. The summed E-state index contributed by atoms with van der Waals surface area (Å²) >= 11 is 3.35. The maximum absolute atomic E-state index is 13.0. The van der Waals surface area contributed by atoms with Crippen LogP contribution in [-0.2, 0) is 11.3 Å². The lowest BCUT2D eigenvalue weighted by Crippen LogP contribution is -2.42. The Morgan fingerprint density at radius 1 is 1.38 bits per heavy atom. The minimum atomic E-state index is 0.0674. The van der Waals surface area contributed by atoms with Gasteiger partial charge in [0.15, 0.2) is 5.13 Å². The number of carbonyl (C=O) groups is 1. The van der Waals surface area contributed by atoms with Gasteiger partial charge in [0.05, 0.1) is 20.8 Å². The van der Waals surface area contributed by atoms with Crippen LogP contribution in [0.3, 0.4) is 0 Å². The fourth-order valence-electron chi connectivity index (χ4n) is 2.84. The van der Waals surface area contributed by atoms with Gasteiger partial charge in [0.25, 0.3) is 0 Å². The second-order valence-electron chi connectivity index (χ2n) is 5.90. The zero-order valence-electron chi connectivity index (χ0n) is 14.9. The average molecular weight is 394 g/mol. The fourth-order valence-corrected chi connectivity index (χ4v) is 4.44. The lowest BCUT2D eigenvalue weighted by atomic mass is 10.1. The van der Waals surface area contributed by atoms with Crippen molar-refractivity contribution in [1.29, 1.82) is 0 Å². The van der Waals surface area contributed by atoms with Gasteiger partial charge in [0.2, 0.25) is 5.91 Å². The topological polar surface area (TPSA) is 63.7 Å². The van der Waals surface area contributed by atoms with E-state index in [0.29, 0.717) is 23.8 Å². The van der Waals surface area contributed by atoms with Crippen LogP contribution in [0, 0.1) is 0 Å². The number of aromatic nitrogens is 1. The highest BCUT2D eigenvalue weighted by Gasteiger charge is 2.24. The Balaban J connectivity index is 1.79. The highest BCUT2D eigenvalue weighted by molar-refractivity contribution is 7.99. The first kappa shape index (κ1) is 19.0. The lowest BCUT2D eigenvalue weighted by Gasteiger charge is -2.26. The van der Waals surface area contributed by atoms with Crippen molar-refractivity contribution in [3.8, 4) is 11.5 Å². The number of hydrogen-bond acceptors (Lipinski definition) is 7. The molecule has 1 aromatic heterocycles. The monoisotopic (exact) mass is 393 g/mol. The maximum atomic E-state index is 13.0. The van der Waals surface area contributed by atoms with Crippen LogP contribution >= 0.6 is 23.1 Å². The molecule has 8 heteroatoms. The number of carbonyl (C=O) groups excluding carboxylic acids is 1. The maximum Gasteiger partial charge on any atom is 0.230 e. The van der Waals surface area contributed by atoms with E-state index in [1.807, 2.05) is 35.3 Å². The van der Waals surface area contributed by atoms with Crippen molar-refractivity contribution in [2.75, 3.05) is 37.2 Å². The molecule has 0 bridgehead atoms. The van der Waals surface area contributed by atoms with Crippen molar-refractivity contribution in [1.82, 2.24) is 10.3 Å². The third-order valence-electron chi connectivity index (χ3n) is 4.19. The Bertz CT molecular complexity index is 718. The predicted molar refractivity (Wildman–Crippen MR) is 107 cm³/mol. The van der Waals surface area contributed by atoms with Crippen molar-refractivity contribution in [2.24, 2.45) is 0 Å². The quantitative estimate of drug-likeness (QED) is 0.780. The van der Waals surface area contributed by atoms with Gasteiger partial charge in [-0.2, -0.15) is 11.8 Å². The molecule has 0 aliphatic carbocycles. The number of anilines is 1. The highest BCUT2D eigenvalue weighted by atomic mass is 32.2. The van der Waals surface area contributed by atoms with E-state index >= 15 is 0 Å². The molecule has 2 heterocycles. The predicted octanol–water partition coefficient (Wildman–Crippen LogP) is 2.79. The van der Waals surface area contributed by atoms with Gasteiger partial charge in [-0.25, -0.2) is 4.98 Å². The van der Waals surface area contributed by atoms with Crippen molar-refractivity contribution < 1.29 is 14.3 Å². The molecule has 1 aliphatic heterocycles. The number of rotatable bonds is 7. The van der Waals surface area contributed by atoms with E-state index in [-0.39, 0.29) is 11.9 Å². The van der Waals surface area contributed by atoms with E-state index in [9.17, 15) is 4.79 Å². The minimum absolute atomic E-state index is 0.0674. The summed E-state index contributed by atoms with van der Waals surface area (Å²) in [4.78, 5) is 19.1. The van der Waals surface area contributed by atoms with Gasteiger partial charge >= 0.3 is 0 Å². The summed E-state index contributed by atoms with van der Waals surface area (Å²) < 4.78 is 10.7. The summed E-state index contributed by atoms with van der Waals surface area (Å²) in [5, 5.41) is 6.01. The van der Waals surface area contributed by atoms with E-state index in [1.54, 1.807) is 25.3 Å². The number of ether oxygens (including phenoxy) is 2. The molecule has 2 aromatic rings. The number of hydrogen-bond donors (Lipinski definition) is 1. The Kier molecular flexibility index (Phi) is 6.76. The van der Waals surface area contributed by atoms with Gasteiger partial charge in [-0.15, -0.1) is 11.3 Å². The molecule has 0 spiro atoms. The smallest absolute Gasteiger partial charge is 0.230 e. The molecule has 1 aromatic carbocycles. The molecule has 1 N–H and O–H groups in total. The first-order chi connectivity index (χ1) is 12.7. The van der Waals surface area contributed by atoms with E-state index in [2.05, 4.69) is 10.3 Å². The summed E-state index contributed by atoms with van der Waals surface area (Å²) in [6.45, 7) is 1.37. The Hall–Kier alpha value is -1.77. The first-order valence-electron chi connectivity index (χ1n) is 8.43. The summed E-state index contributed by atoms with van der Waals surface area (Å²) in [6, 6.07) is 5.85. The molecule has 1 fully saturated rings. The third kappa shape index (κ3) is 4.69. The van der Waals surface area contributed by atoms with E-state index in [1.165, 1.54) is 11.3 Å². The lowest BCUT2D eigenvalue weighted by molar-refractivity contribution is -0.119. The zero-order valence-corrected chi connectivity index (χ0v) is 16.6. The average Bonchev–Trinajstić information content (AvgIpc) is 3.21. The Morgan fingerprint density at radius 3 is 2.92 bits per heavy atom. The van der Waals surface area contributed by atoms with Crippen molar-refractivity contribution in [3.63, 3.8) is 0 Å². The van der Waals surface area contributed by atoms with E-state index in [0.717, 1.165) is 29.4 Å². The standard InChI is InChI=1S/C18H23N3O3S2/c1-23-15-4-3-13(16(10-15)24-2)11-21(18-20-6-8-26-18)17(22)9-14-12-25-7-5-19-14/h3-4,6,8,10,14,19H,5,7,9,11-12H2,1-2H3. The molecule has 1 aliphatic rings. The fraction of sp³-hybridized carbons (Fsp3) is 0.444. The van der Waals surface area contributed by atoms with E-state index in [4.69, 9.17) is 9.47 Å². The Morgan fingerprint density at radius 2 is 2.27 bits per heavy atom. The molecule has 140 valence electrons. The number of methoxy groups -OCH3 is 2. The summed E-state index contributed by atoms with van der Waals surface area (Å²) in [6.07, 6.45) is 2.19. The van der Waals surface area contributed by atoms with Crippen LogP contribution in [0.5, 0.6) is 11.5 Å². The van der Waals surface area contributed by atoms with Gasteiger partial charge < -0.3 is 14.8 Å². The molecule has 1 saturated heterocycles. The molecule has 1 amide bonds. The molecule has 1 unspecified atom stereocenters. The van der Waals surface area contributed by atoms with Crippen LogP contribution in [0.15, 0.2) is 29.8 Å².